The Labute approximate surface area is 93.7 Å². The van der Waals surface area contributed by atoms with Crippen LogP contribution in [0.25, 0.3) is 6.08 Å². The van der Waals surface area contributed by atoms with Crippen molar-refractivity contribution < 1.29 is 4.79 Å². The monoisotopic (exact) mass is 212 g/mol. The van der Waals surface area contributed by atoms with Gasteiger partial charge >= 0.3 is 0 Å². The van der Waals surface area contributed by atoms with Crippen molar-refractivity contribution in [2.75, 3.05) is 0 Å². The normalized spacial score (nSPS) is 25.9. The fraction of sp³-hybridized carbons (Fsp3) is 0.231. The van der Waals surface area contributed by atoms with Crippen LogP contribution in [0.2, 0.25) is 0 Å². The van der Waals surface area contributed by atoms with Gasteiger partial charge in [0.05, 0.1) is 5.41 Å². The Bertz CT molecular complexity index is 530. The minimum atomic E-state index is -0.567. The predicted molar refractivity (Wildman–Crippen MR) is 63.0 cm³/mol. The lowest BCUT2D eigenvalue weighted by Gasteiger charge is -2.36. The summed E-state index contributed by atoms with van der Waals surface area (Å²) >= 11 is 0. The van der Waals surface area contributed by atoms with Crippen molar-refractivity contribution in [3.63, 3.8) is 0 Å². The van der Waals surface area contributed by atoms with Gasteiger partial charge in [-0.15, -0.1) is 0 Å². The number of carbonyl (C=O) groups excluding carboxylic acids is 1. The van der Waals surface area contributed by atoms with Gasteiger partial charge in [0, 0.05) is 24.8 Å². The van der Waals surface area contributed by atoms with E-state index in [0.717, 1.165) is 16.8 Å². The molecule has 80 valence electrons. The number of nitrogens with zero attached hydrogens (tertiary/aromatic N) is 1. The van der Waals surface area contributed by atoms with E-state index in [2.05, 4.69) is 4.99 Å². The fourth-order valence-electron chi connectivity index (χ4n) is 2.60. The summed E-state index contributed by atoms with van der Waals surface area (Å²) in [6.45, 7) is 0. The molecule has 1 aromatic rings. The van der Waals surface area contributed by atoms with E-state index in [1.807, 2.05) is 30.3 Å². The van der Waals surface area contributed by atoms with Gasteiger partial charge in [0.15, 0.2) is 0 Å². The number of rotatable bonds is 1. The van der Waals surface area contributed by atoms with Gasteiger partial charge < -0.3 is 5.73 Å². The highest BCUT2D eigenvalue weighted by Gasteiger charge is 2.43. The number of nitrogens with two attached hydrogens (primary N) is 1. The van der Waals surface area contributed by atoms with Crippen molar-refractivity contribution in [1.29, 1.82) is 0 Å². The first-order chi connectivity index (χ1) is 7.72. The number of hydrogen-bond acceptors (Lipinski definition) is 2. The average Bonchev–Trinajstić information content (AvgIpc) is 2.29. The average molecular weight is 212 g/mol. The first-order valence-corrected chi connectivity index (χ1v) is 5.35. The molecule has 1 aromatic carbocycles. The van der Waals surface area contributed by atoms with E-state index >= 15 is 0 Å². The van der Waals surface area contributed by atoms with Gasteiger partial charge in [-0.2, -0.15) is 0 Å². The second-order valence-electron chi connectivity index (χ2n) is 4.36. The molecule has 3 heteroatoms. The molecule has 1 atom stereocenters. The van der Waals surface area contributed by atoms with Crippen molar-refractivity contribution in [2.24, 2.45) is 10.7 Å². The number of benzene rings is 1. The third-order valence-corrected chi connectivity index (χ3v) is 3.45. The third-order valence-electron chi connectivity index (χ3n) is 3.45. The molecule has 2 N–H and O–H groups in total. The minimum Gasteiger partial charge on any atom is -0.369 e. The van der Waals surface area contributed by atoms with Gasteiger partial charge in [0.2, 0.25) is 5.91 Å². The summed E-state index contributed by atoms with van der Waals surface area (Å²) in [7, 11) is 0. The molecule has 1 aliphatic carbocycles. The lowest BCUT2D eigenvalue weighted by atomic mass is 9.68. The fourth-order valence-corrected chi connectivity index (χ4v) is 2.60. The Kier molecular flexibility index (Phi) is 1.78. The standard InChI is InChI=1S/C13H12N2O/c14-12(16)13-5-6-15-10(8-13)7-9-3-1-2-4-11(9)13/h1-4,6-7H,5,8H2,(H2,14,16). The quantitative estimate of drug-likeness (QED) is 0.755. The van der Waals surface area contributed by atoms with Crippen LogP contribution in [0, 0.1) is 0 Å². The second-order valence-corrected chi connectivity index (χ2v) is 4.36. The van der Waals surface area contributed by atoms with E-state index in [-0.39, 0.29) is 5.91 Å². The minimum absolute atomic E-state index is 0.253. The Morgan fingerprint density at radius 3 is 3.00 bits per heavy atom. The molecule has 1 aliphatic heterocycles. The Morgan fingerprint density at radius 1 is 1.38 bits per heavy atom. The predicted octanol–water partition coefficient (Wildman–Crippen LogP) is 1.63. The van der Waals surface area contributed by atoms with Crippen LogP contribution < -0.4 is 5.73 Å². The summed E-state index contributed by atoms with van der Waals surface area (Å²) in [4.78, 5) is 16.1. The van der Waals surface area contributed by atoms with Crippen molar-refractivity contribution >= 4 is 18.2 Å². The molecule has 0 fully saturated rings. The highest BCUT2D eigenvalue weighted by atomic mass is 16.1. The molecule has 0 spiro atoms. The van der Waals surface area contributed by atoms with Crippen LogP contribution in [-0.4, -0.2) is 12.1 Å². The van der Waals surface area contributed by atoms with Gasteiger partial charge in [0.1, 0.15) is 0 Å². The molecular formula is C13H12N2O. The molecule has 3 nitrogen and oxygen atoms in total. The van der Waals surface area contributed by atoms with Crippen LogP contribution in [0.15, 0.2) is 35.0 Å². The molecule has 2 aliphatic rings. The van der Waals surface area contributed by atoms with Crippen LogP contribution in [0.3, 0.4) is 0 Å². The summed E-state index contributed by atoms with van der Waals surface area (Å²) in [5.41, 5.74) is 8.08. The molecule has 0 saturated carbocycles. The van der Waals surface area contributed by atoms with Crippen molar-refractivity contribution in [3.05, 3.63) is 41.1 Å². The largest absolute Gasteiger partial charge is 0.369 e. The Balaban J connectivity index is 2.30. The molecular weight excluding hydrogens is 200 g/mol. The van der Waals surface area contributed by atoms with Crippen molar-refractivity contribution in [1.82, 2.24) is 0 Å². The van der Waals surface area contributed by atoms with Gasteiger partial charge in [-0.3, -0.25) is 9.79 Å². The molecule has 1 amide bonds. The van der Waals surface area contributed by atoms with Crippen LogP contribution in [0.1, 0.15) is 24.0 Å². The topological polar surface area (TPSA) is 55.5 Å². The second kappa shape index (κ2) is 3.04. The zero-order valence-electron chi connectivity index (χ0n) is 8.81. The zero-order chi connectivity index (χ0) is 11.2. The van der Waals surface area contributed by atoms with Gasteiger partial charge in [-0.25, -0.2) is 0 Å². The van der Waals surface area contributed by atoms with E-state index < -0.39 is 5.41 Å². The summed E-state index contributed by atoms with van der Waals surface area (Å²) < 4.78 is 0. The molecule has 16 heavy (non-hydrogen) atoms. The number of carbonyl (C=O) groups is 1. The lowest BCUT2D eigenvalue weighted by molar-refractivity contribution is -0.123. The molecule has 0 saturated heterocycles. The van der Waals surface area contributed by atoms with Gasteiger partial charge in [-0.05, 0) is 17.2 Å². The van der Waals surface area contributed by atoms with Crippen molar-refractivity contribution in [2.45, 2.75) is 18.3 Å². The SMILES string of the molecule is NC(=O)C12CC=NC(=Cc3ccccc31)C2. The highest BCUT2D eigenvalue weighted by Crippen LogP contribution is 2.43. The third kappa shape index (κ3) is 1.08. The summed E-state index contributed by atoms with van der Waals surface area (Å²) in [6, 6.07) is 7.92. The van der Waals surface area contributed by atoms with E-state index in [4.69, 9.17) is 5.73 Å². The lowest BCUT2D eigenvalue weighted by Crippen LogP contribution is -2.44. The van der Waals surface area contributed by atoms with E-state index in [9.17, 15) is 4.79 Å². The van der Waals surface area contributed by atoms with Crippen LogP contribution in [0.5, 0.6) is 0 Å². The summed E-state index contributed by atoms with van der Waals surface area (Å²) in [5.74, 6) is -0.253. The van der Waals surface area contributed by atoms with Gasteiger partial charge in [0.25, 0.3) is 0 Å². The molecule has 1 heterocycles. The van der Waals surface area contributed by atoms with Crippen LogP contribution >= 0.6 is 0 Å². The van der Waals surface area contributed by atoms with E-state index in [1.165, 1.54) is 0 Å². The number of primary amides is 1. The number of aliphatic imine (C=N–C) groups is 1. The summed E-state index contributed by atoms with van der Waals surface area (Å²) in [6.07, 6.45) is 5.08. The maximum absolute atomic E-state index is 11.8. The highest BCUT2D eigenvalue weighted by molar-refractivity contribution is 5.94. The number of fused-ring (bicyclic) bond motifs is 4. The molecule has 2 bridgehead atoms. The number of allylic oxidation sites excluding steroid dienone is 1. The van der Waals surface area contributed by atoms with Crippen LogP contribution in [-0.2, 0) is 10.2 Å². The molecule has 1 unspecified atom stereocenters. The molecule has 0 radical (unpaired) electrons. The van der Waals surface area contributed by atoms with Crippen LogP contribution in [0.4, 0.5) is 0 Å². The first kappa shape index (κ1) is 9.33. The number of hydrogen-bond donors (Lipinski definition) is 1. The Hall–Kier alpha value is -1.90. The molecule has 0 aromatic heterocycles. The van der Waals surface area contributed by atoms with E-state index in [1.54, 1.807) is 6.21 Å². The maximum Gasteiger partial charge on any atom is 0.228 e. The maximum atomic E-state index is 11.8. The number of amides is 1. The van der Waals surface area contributed by atoms with Crippen molar-refractivity contribution in [3.8, 4) is 0 Å². The first-order valence-electron chi connectivity index (χ1n) is 5.35. The Morgan fingerprint density at radius 2 is 2.19 bits per heavy atom. The zero-order valence-corrected chi connectivity index (χ0v) is 8.81. The van der Waals surface area contributed by atoms with E-state index in [0.29, 0.717) is 12.8 Å². The molecule has 3 rings (SSSR count). The summed E-state index contributed by atoms with van der Waals surface area (Å²) in [5, 5.41) is 0. The smallest absolute Gasteiger partial charge is 0.228 e. The van der Waals surface area contributed by atoms with Gasteiger partial charge in [-0.1, -0.05) is 24.3 Å².